The summed E-state index contributed by atoms with van der Waals surface area (Å²) in [6, 6.07) is 9.31. The highest BCUT2D eigenvalue weighted by atomic mass is 16.5. The Morgan fingerprint density at radius 2 is 1.84 bits per heavy atom. The average molecular weight is 424 g/mol. The molecule has 1 amide bonds. The molecule has 0 spiro atoms. The standard InChI is InChI=1S/C25H30N2O4/c1-14-6-7-20(15(2)10-14)26-25(29)23-18(5)31-22-9-8-21(28)19(24(22)23)13-27-11-16(3)30-17(4)12-27/h6-10,16-17,28H,11-13H2,1-5H3,(H,26,29)/p+1/t16-,17-/m0/s1. The quantitative estimate of drug-likeness (QED) is 0.600. The number of nitrogens with one attached hydrogen (secondary N) is 2. The maximum atomic E-state index is 13.3. The van der Waals surface area contributed by atoms with Gasteiger partial charge >= 0.3 is 0 Å². The van der Waals surface area contributed by atoms with Crippen molar-refractivity contribution < 1.29 is 24.0 Å². The SMILES string of the molecule is Cc1ccc(NC(=O)c2c(C)oc3ccc(O)c(C[NH+]4C[C@H](C)O[C@@H](C)C4)c23)c(C)c1. The minimum atomic E-state index is -0.228. The number of benzene rings is 2. The predicted molar refractivity (Wildman–Crippen MR) is 121 cm³/mol. The van der Waals surface area contributed by atoms with Gasteiger partial charge in [-0.2, -0.15) is 0 Å². The minimum Gasteiger partial charge on any atom is -0.507 e. The first kappa shape index (κ1) is 21.4. The van der Waals surface area contributed by atoms with Crippen molar-refractivity contribution in [3.8, 4) is 5.75 Å². The topological polar surface area (TPSA) is 76.1 Å². The Labute approximate surface area is 182 Å². The fourth-order valence-electron chi connectivity index (χ4n) is 4.74. The summed E-state index contributed by atoms with van der Waals surface area (Å²) in [5, 5.41) is 14.5. The number of morpholine rings is 1. The molecule has 0 radical (unpaired) electrons. The molecule has 6 heteroatoms. The van der Waals surface area contributed by atoms with Crippen molar-refractivity contribution in [1.29, 1.82) is 0 Å². The van der Waals surface area contributed by atoms with E-state index < -0.39 is 0 Å². The van der Waals surface area contributed by atoms with Crippen molar-refractivity contribution in [3.63, 3.8) is 0 Å². The third-order valence-corrected chi connectivity index (χ3v) is 6.02. The van der Waals surface area contributed by atoms with Crippen molar-refractivity contribution in [2.24, 2.45) is 0 Å². The Balaban J connectivity index is 1.73. The van der Waals surface area contributed by atoms with Gasteiger partial charge in [0.05, 0.1) is 11.1 Å². The summed E-state index contributed by atoms with van der Waals surface area (Å²) in [6.45, 7) is 12.2. The van der Waals surface area contributed by atoms with Gasteiger partial charge in [-0.15, -0.1) is 0 Å². The van der Waals surface area contributed by atoms with Gasteiger partial charge in [-0.1, -0.05) is 17.7 Å². The number of rotatable bonds is 4. The number of aromatic hydroxyl groups is 1. The average Bonchev–Trinajstić information content (AvgIpc) is 3.02. The first-order valence-corrected chi connectivity index (χ1v) is 10.8. The van der Waals surface area contributed by atoms with Crippen LogP contribution in [0, 0.1) is 20.8 Å². The molecule has 0 bridgehead atoms. The number of fused-ring (bicyclic) bond motifs is 1. The largest absolute Gasteiger partial charge is 0.507 e. The monoisotopic (exact) mass is 423 g/mol. The molecule has 31 heavy (non-hydrogen) atoms. The van der Waals surface area contributed by atoms with E-state index in [4.69, 9.17) is 9.15 Å². The summed E-state index contributed by atoms with van der Waals surface area (Å²) in [4.78, 5) is 14.6. The van der Waals surface area contributed by atoms with Gasteiger partial charge in [0, 0.05) is 11.1 Å². The molecule has 1 fully saturated rings. The van der Waals surface area contributed by atoms with Crippen LogP contribution < -0.4 is 10.2 Å². The summed E-state index contributed by atoms with van der Waals surface area (Å²) in [5.41, 5.74) is 4.76. The third kappa shape index (κ3) is 4.31. The van der Waals surface area contributed by atoms with Crippen molar-refractivity contribution in [3.05, 3.63) is 58.3 Å². The van der Waals surface area contributed by atoms with Gasteiger partial charge in [0.25, 0.3) is 5.91 Å². The number of ether oxygens (including phenoxy) is 1. The van der Waals surface area contributed by atoms with Crippen LogP contribution in [0.2, 0.25) is 0 Å². The van der Waals surface area contributed by atoms with Gasteiger partial charge < -0.3 is 24.5 Å². The lowest BCUT2D eigenvalue weighted by atomic mass is 10.0. The van der Waals surface area contributed by atoms with Crippen LogP contribution in [0.1, 0.15) is 46.7 Å². The number of hydrogen-bond donors (Lipinski definition) is 3. The second-order valence-electron chi connectivity index (χ2n) is 8.83. The molecule has 6 nitrogen and oxygen atoms in total. The van der Waals surface area contributed by atoms with Crippen molar-refractivity contribution in [1.82, 2.24) is 0 Å². The number of hydrogen-bond acceptors (Lipinski definition) is 4. The van der Waals surface area contributed by atoms with E-state index in [0.29, 0.717) is 28.8 Å². The molecule has 164 valence electrons. The smallest absolute Gasteiger partial charge is 0.259 e. The zero-order chi connectivity index (χ0) is 22.3. The maximum absolute atomic E-state index is 13.3. The molecule has 0 aliphatic carbocycles. The van der Waals surface area contributed by atoms with Crippen LogP contribution >= 0.6 is 0 Å². The Kier molecular flexibility index (Phi) is 5.77. The lowest BCUT2D eigenvalue weighted by molar-refractivity contribution is -0.928. The van der Waals surface area contributed by atoms with Crippen molar-refractivity contribution in [2.75, 3.05) is 18.4 Å². The normalized spacial score (nSPS) is 21.4. The van der Waals surface area contributed by atoms with E-state index in [1.807, 2.05) is 32.0 Å². The zero-order valence-electron chi connectivity index (χ0n) is 18.8. The van der Waals surface area contributed by atoms with Crippen LogP contribution in [-0.2, 0) is 11.3 Å². The number of furan rings is 1. The molecule has 4 rings (SSSR count). The number of phenols is 1. The van der Waals surface area contributed by atoms with Crippen LogP contribution in [-0.4, -0.2) is 36.3 Å². The van der Waals surface area contributed by atoms with Gasteiger partial charge in [-0.05, 0) is 58.4 Å². The maximum Gasteiger partial charge on any atom is 0.259 e. The van der Waals surface area contributed by atoms with E-state index in [1.165, 1.54) is 4.90 Å². The Hall–Kier alpha value is -2.83. The number of phenolic OH excluding ortho intramolecular Hbond substituents is 1. The lowest BCUT2D eigenvalue weighted by Crippen LogP contribution is -3.14. The van der Waals surface area contributed by atoms with Crippen molar-refractivity contribution >= 4 is 22.6 Å². The third-order valence-electron chi connectivity index (χ3n) is 6.02. The highest BCUT2D eigenvalue weighted by Gasteiger charge is 2.29. The molecule has 1 aliphatic heterocycles. The van der Waals surface area contributed by atoms with E-state index >= 15 is 0 Å². The van der Waals surface area contributed by atoms with E-state index in [2.05, 4.69) is 19.2 Å². The van der Waals surface area contributed by atoms with E-state index in [1.54, 1.807) is 19.1 Å². The highest BCUT2D eigenvalue weighted by molar-refractivity contribution is 6.14. The molecule has 3 N–H and O–H groups in total. The summed E-state index contributed by atoms with van der Waals surface area (Å²) in [6.07, 6.45) is 0.303. The minimum absolute atomic E-state index is 0.151. The Morgan fingerprint density at radius 3 is 2.52 bits per heavy atom. The Morgan fingerprint density at radius 1 is 1.13 bits per heavy atom. The molecule has 2 atom stereocenters. The van der Waals surface area contributed by atoms with Gasteiger partial charge in [0.1, 0.15) is 48.9 Å². The summed E-state index contributed by atoms with van der Waals surface area (Å²) in [7, 11) is 0. The molecule has 3 aromatic rings. The summed E-state index contributed by atoms with van der Waals surface area (Å²) < 4.78 is 11.8. The number of quaternary nitrogens is 1. The van der Waals surface area contributed by atoms with Crippen LogP contribution in [0.15, 0.2) is 34.7 Å². The highest BCUT2D eigenvalue weighted by Crippen LogP contribution is 2.34. The molecule has 1 aromatic heterocycles. The second-order valence-corrected chi connectivity index (χ2v) is 8.83. The fourth-order valence-corrected chi connectivity index (χ4v) is 4.74. The molecular formula is C25H31N2O4+. The number of amides is 1. The molecule has 0 unspecified atom stereocenters. The Bertz CT molecular complexity index is 1120. The fraction of sp³-hybridized carbons (Fsp3) is 0.400. The van der Waals surface area contributed by atoms with Gasteiger partial charge in [-0.25, -0.2) is 0 Å². The van der Waals surface area contributed by atoms with Crippen LogP contribution in [0.5, 0.6) is 5.75 Å². The van der Waals surface area contributed by atoms with Crippen LogP contribution in [0.25, 0.3) is 11.0 Å². The van der Waals surface area contributed by atoms with Crippen molar-refractivity contribution in [2.45, 2.75) is 53.4 Å². The van der Waals surface area contributed by atoms with Gasteiger partial charge in [0.15, 0.2) is 0 Å². The summed E-state index contributed by atoms with van der Waals surface area (Å²) in [5.74, 6) is 0.504. The van der Waals surface area contributed by atoms with E-state index in [0.717, 1.165) is 35.5 Å². The molecule has 1 aliphatic rings. The van der Waals surface area contributed by atoms with E-state index in [9.17, 15) is 9.90 Å². The molecule has 1 saturated heterocycles. The first-order chi connectivity index (χ1) is 14.7. The second kappa shape index (κ2) is 8.36. The zero-order valence-corrected chi connectivity index (χ0v) is 18.8. The van der Waals surface area contributed by atoms with Crippen LogP contribution in [0.3, 0.4) is 0 Å². The predicted octanol–water partition coefficient (Wildman–Crippen LogP) is 3.51. The van der Waals surface area contributed by atoms with Crippen LogP contribution in [0.4, 0.5) is 5.69 Å². The molecule has 0 saturated carbocycles. The molecule has 2 heterocycles. The molecular weight excluding hydrogens is 392 g/mol. The number of carbonyl (C=O) groups excluding carboxylic acids is 1. The first-order valence-electron chi connectivity index (χ1n) is 10.8. The van der Waals surface area contributed by atoms with E-state index in [-0.39, 0.29) is 23.9 Å². The molecule has 2 aromatic carbocycles. The number of aryl methyl sites for hydroxylation is 3. The number of carbonyl (C=O) groups is 1. The number of anilines is 1. The van der Waals surface area contributed by atoms with Gasteiger partial charge in [-0.3, -0.25) is 4.79 Å². The lowest BCUT2D eigenvalue weighted by Gasteiger charge is -2.32. The van der Waals surface area contributed by atoms with Gasteiger partial charge in [0.2, 0.25) is 0 Å². The summed E-state index contributed by atoms with van der Waals surface area (Å²) >= 11 is 0.